The molecule has 0 aliphatic rings. The molecule has 0 bridgehead atoms. The summed E-state index contributed by atoms with van der Waals surface area (Å²) in [6.07, 6.45) is 0. The first kappa shape index (κ1) is 15.0. The zero-order chi connectivity index (χ0) is 17.7. The highest BCUT2D eigenvalue weighted by Gasteiger charge is 2.18. The Morgan fingerprint density at radius 1 is 0.808 bits per heavy atom. The molecule has 126 valence electrons. The summed E-state index contributed by atoms with van der Waals surface area (Å²) in [7, 11) is 0. The summed E-state index contributed by atoms with van der Waals surface area (Å²) in [5, 5.41) is 6.84. The van der Waals surface area contributed by atoms with Crippen molar-refractivity contribution in [2.45, 2.75) is 13.5 Å². The molecule has 0 amide bonds. The van der Waals surface area contributed by atoms with Crippen LogP contribution in [0.2, 0.25) is 0 Å². The van der Waals surface area contributed by atoms with Crippen LogP contribution in [0.3, 0.4) is 0 Å². The van der Waals surface area contributed by atoms with Crippen LogP contribution in [0.15, 0.2) is 77.6 Å². The van der Waals surface area contributed by atoms with Crippen molar-refractivity contribution in [1.82, 2.24) is 4.40 Å². The Labute approximate surface area is 150 Å². The molecular weight excluding hydrogens is 320 g/mol. The predicted molar refractivity (Wildman–Crippen MR) is 108 cm³/mol. The second-order valence-electron chi connectivity index (χ2n) is 6.70. The van der Waals surface area contributed by atoms with Gasteiger partial charge in [0.15, 0.2) is 0 Å². The minimum Gasteiger partial charge on any atom is -0.380 e. The number of anilines is 1. The molecule has 0 saturated heterocycles. The third kappa shape index (κ3) is 2.04. The van der Waals surface area contributed by atoms with Gasteiger partial charge in [0.1, 0.15) is 0 Å². The fourth-order valence-corrected chi connectivity index (χ4v) is 3.92. The third-order valence-electron chi connectivity index (χ3n) is 5.18. The van der Waals surface area contributed by atoms with E-state index in [1.54, 1.807) is 0 Å². The number of nitrogens with zero attached hydrogens (tertiary/aromatic N) is 1. The Morgan fingerprint density at radius 2 is 1.50 bits per heavy atom. The molecule has 3 nitrogen and oxygen atoms in total. The zero-order valence-electron chi connectivity index (χ0n) is 14.5. The van der Waals surface area contributed by atoms with Gasteiger partial charge < -0.3 is 5.32 Å². The van der Waals surface area contributed by atoms with Gasteiger partial charge in [-0.05, 0) is 18.6 Å². The van der Waals surface area contributed by atoms with E-state index in [-0.39, 0.29) is 5.56 Å². The second kappa shape index (κ2) is 5.60. The molecule has 2 aromatic heterocycles. The Kier molecular flexibility index (Phi) is 3.22. The van der Waals surface area contributed by atoms with Crippen LogP contribution in [0.4, 0.5) is 5.69 Å². The number of fused-ring (bicyclic) bond motifs is 3. The molecule has 0 aliphatic carbocycles. The first-order valence-corrected chi connectivity index (χ1v) is 8.81. The van der Waals surface area contributed by atoms with Crippen molar-refractivity contribution in [1.29, 1.82) is 0 Å². The molecule has 26 heavy (non-hydrogen) atoms. The summed E-state index contributed by atoms with van der Waals surface area (Å²) < 4.78 is 1.86. The van der Waals surface area contributed by atoms with Crippen LogP contribution in [0.1, 0.15) is 11.1 Å². The van der Waals surface area contributed by atoms with Gasteiger partial charge in [-0.3, -0.25) is 9.20 Å². The molecule has 1 N–H and O–H groups in total. The van der Waals surface area contributed by atoms with Gasteiger partial charge in [0.2, 0.25) is 0 Å². The van der Waals surface area contributed by atoms with E-state index in [1.165, 1.54) is 5.56 Å². The van der Waals surface area contributed by atoms with E-state index in [4.69, 9.17) is 0 Å². The van der Waals surface area contributed by atoms with Crippen molar-refractivity contribution in [2.24, 2.45) is 0 Å². The number of nitrogens with one attached hydrogen (secondary N) is 1. The Bertz CT molecular complexity index is 1300. The lowest BCUT2D eigenvalue weighted by Crippen LogP contribution is -2.18. The second-order valence-corrected chi connectivity index (χ2v) is 6.70. The van der Waals surface area contributed by atoms with Gasteiger partial charge in [-0.25, -0.2) is 0 Å². The Morgan fingerprint density at radius 3 is 2.35 bits per heavy atom. The van der Waals surface area contributed by atoms with Gasteiger partial charge in [-0.15, -0.1) is 0 Å². The van der Waals surface area contributed by atoms with Crippen molar-refractivity contribution < 1.29 is 0 Å². The van der Waals surface area contributed by atoms with E-state index in [9.17, 15) is 4.79 Å². The van der Waals surface area contributed by atoms with Crippen molar-refractivity contribution in [3.63, 3.8) is 0 Å². The molecular formula is C23H18N2O. The van der Waals surface area contributed by atoms with E-state index in [0.717, 1.165) is 38.4 Å². The summed E-state index contributed by atoms with van der Waals surface area (Å²) in [5.74, 6) is 0. The van der Waals surface area contributed by atoms with E-state index in [1.807, 2.05) is 47.7 Å². The van der Waals surface area contributed by atoms with Crippen molar-refractivity contribution in [3.05, 3.63) is 94.3 Å². The maximum absolute atomic E-state index is 13.2. The average molecular weight is 338 g/mol. The molecule has 3 heteroatoms. The molecule has 0 atom stereocenters. The highest BCUT2D eigenvalue weighted by atomic mass is 16.1. The van der Waals surface area contributed by atoms with Gasteiger partial charge in [-0.2, -0.15) is 0 Å². The lowest BCUT2D eigenvalue weighted by molar-refractivity contribution is 1.10. The maximum Gasteiger partial charge on any atom is 0.260 e. The van der Waals surface area contributed by atoms with Crippen LogP contribution >= 0.6 is 0 Å². The Hall–Kier alpha value is -3.33. The van der Waals surface area contributed by atoms with Crippen molar-refractivity contribution >= 4 is 32.9 Å². The zero-order valence-corrected chi connectivity index (χ0v) is 14.5. The van der Waals surface area contributed by atoms with Crippen molar-refractivity contribution in [2.75, 3.05) is 5.32 Å². The van der Waals surface area contributed by atoms with Crippen LogP contribution in [0.25, 0.3) is 27.2 Å². The van der Waals surface area contributed by atoms with Crippen LogP contribution in [-0.4, -0.2) is 4.40 Å². The minimum atomic E-state index is 0.0467. The highest BCUT2D eigenvalue weighted by Crippen LogP contribution is 2.35. The van der Waals surface area contributed by atoms with E-state index < -0.39 is 0 Å². The predicted octanol–water partition coefficient (Wildman–Crippen LogP) is 4.96. The van der Waals surface area contributed by atoms with Crippen LogP contribution in [0.5, 0.6) is 0 Å². The topological polar surface area (TPSA) is 33.5 Å². The van der Waals surface area contributed by atoms with Gasteiger partial charge in [0.05, 0.1) is 16.7 Å². The molecule has 0 saturated carbocycles. The average Bonchev–Trinajstić information content (AvgIpc) is 3.03. The molecule has 5 aromatic rings. The third-order valence-corrected chi connectivity index (χ3v) is 5.18. The number of pyridine rings is 1. The van der Waals surface area contributed by atoms with E-state index in [2.05, 4.69) is 41.7 Å². The van der Waals surface area contributed by atoms with Crippen LogP contribution in [-0.2, 0) is 6.54 Å². The molecule has 3 aromatic carbocycles. The lowest BCUT2D eigenvalue weighted by atomic mass is 10.1. The normalized spacial score (nSPS) is 11.6. The largest absolute Gasteiger partial charge is 0.380 e. The summed E-state index contributed by atoms with van der Waals surface area (Å²) in [6, 6.07) is 24.6. The SMILES string of the molecule is Cc1c(NCc2ccccc2)c2cccc3c4ccccc4n(c1=O)c23. The number of rotatable bonds is 3. The molecule has 0 spiro atoms. The fourth-order valence-electron chi connectivity index (χ4n) is 3.92. The minimum absolute atomic E-state index is 0.0467. The van der Waals surface area contributed by atoms with Gasteiger partial charge >= 0.3 is 0 Å². The first-order valence-electron chi connectivity index (χ1n) is 8.81. The van der Waals surface area contributed by atoms with Gasteiger partial charge in [0.25, 0.3) is 5.56 Å². The van der Waals surface area contributed by atoms with Crippen LogP contribution < -0.4 is 10.9 Å². The van der Waals surface area contributed by atoms with Gasteiger partial charge in [0, 0.05) is 28.3 Å². The molecule has 2 heterocycles. The molecule has 0 radical (unpaired) electrons. The van der Waals surface area contributed by atoms with Crippen molar-refractivity contribution in [3.8, 4) is 0 Å². The number of aromatic nitrogens is 1. The fraction of sp³-hybridized carbons (Fsp3) is 0.0870. The monoisotopic (exact) mass is 338 g/mol. The van der Waals surface area contributed by atoms with Crippen LogP contribution in [0, 0.1) is 6.92 Å². The molecule has 0 aliphatic heterocycles. The molecule has 0 unspecified atom stereocenters. The number of hydrogen-bond donors (Lipinski definition) is 1. The quantitative estimate of drug-likeness (QED) is 0.504. The smallest absolute Gasteiger partial charge is 0.260 e. The number of benzene rings is 3. The maximum atomic E-state index is 13.2. The molecule has 0 fully saturated rings. The first-order chi connectivity index (χ1) is 12.8. The highest BCUT2D eigenvalue weighted by molar-refractivity contribution is 6.16. The van der Waals surface area contributed by atoms with E-state index in [0.29, 0.717) is 6.54 Å². The summed E-state index contributed by atoms with van der Waals surface area (Å²) in [6.45, 7) is 2.60. The van der Waals surface area contributed by atoms with E-state index >= 15 is 0 Å². The van der Waals surface area contributed by atoms with Gasteiger partial charge in [-0.1, -0.05) is 66.7 Å². The summed E-state index contributed by atoms with van der Waals surface area (Å²) in [4.78, 5) is 13.2. The summed E-state index contributed by atoms with van der Waals surface area (Å²) >= 11 is 0. The Balaban J connectivity index is 1.80. The number of para-hydroxylation sites is 2. The molecule has 5 rings (SSSR count). The summed E-state index contributed by atoms with van der Waals surface area (Å²) in [5.41, 5.74) is 4.90. The number of hydrogen-bond acceptors (Lipinski definition) is 2. The standard InChI is InChI=1S/C23H18N2O/c1-15-21(24-14-16-8-3-2-4-9-16)19-12-7-11-18-17-10-5-6-13-20(17)25(22(18)19)23(15)26/h2-13,24H,14H2,1H3. The lowest BCUT2D eigenvalue weighted by Gasteiger charge is -2.14.